The molecule has 0 radical (unpaired) electrons. The Labute approximate surface area is 255 Å². The molecule has 0 aliphatic carbocycles. The summed E-state index contributed by atoms with van der Waals surface area (Å²) in [5.41, 5.74) is 2.42. The molecule has 222 valence electrons. The van der Waals surface area contributed by atoms with Gasteiger partial charge in [0.2, 0.25) is 0 Å². The molecule has 3 aromatic rings. The summed E-state index contributed by atoms with van der Waals surface area (Å²) >= 11 is 0. The van der Waals surface area contributed by atoms with E-state index in [0.717, 1.165) is 19.3 Å². The number of hydrogen-bond donors (Lipinski definition) is 1. The van der Waals surface area contributed by atoms with Crippen molar-refractivity contribution in [1.82, 2.24) is 0 Å². The fourth-order valence-electron chi connectivity index (χ4n) is 5.28. The van der Waals surface area contributed by atoms with E-state index in [1.807, 2.05) is 24.3 Å². The first-order valence-corrected chi connectivity index (χ1v) is 17.0. The summed E-state index contributed by atoms with van der Waals surface area (Å²) in [4.78, 5) is 0. The third kappa shape index (κ3) is 9.68. The van der Waals surface area contributed by atoms with Crippen molar-refractivity contribution in [2.75, 3.05) is 13.2 Å². The average molecular weight is 581 g/mol. The maximum atomic E-state index is 10.7. The van der Waals surface area contributed by atoms with E-state index < -0.39 is 14.4 Å². The molecular weight excluding hydrogens is 533 g/mol. The maximum Gasteiger partial charge on any atom is 0.261 e. The molecule has 0 spiro atoms. The summed E-state index contributed by atoms with van der Waals surface area (Å²) in [6, 6.07) is 31.6. The fourth-order valence-corrected chi connectivity index (χ4v) is 9.89. The highest BCUT2D eigenvalue weighted by molar-refractivity contribution is 6.99. The van der Waals surface area contributed by atoms with Gasteiger partial charge in [0.25, 0.3) is 8.32 Å². The Balaban J connectivity index is 1.50. The van der Waals surface area contributed by atoms with Gasteiger partial charge in [0.05, 0.1) is 13.2 Å². The molecule has 42 heavy (non-hydrogen) atoms. The highest BCUT2D eigenvalue weighted by atomic mass is 28.4. The van der Waals surface area contributed by atoms with Crippen LogP contribution in [0.5, 0.6) is 0 Å². The summed E-state index contributed by atoms with van der Waals surface area (Å²) in [6.07, 6.45) is 6.39. The Morgan fingerprint density at radius 3 is 2.05 bits per heavy atom. The van der Waals surface area contributed by atoms with Crippen molar-refractivity contribution in [3.8, 4) is 11.8 Å². The van der Waals surface area contributed by atoms with E-state index in [1.54, 1.807) is 0 Å². The molecule has 3 aromatic carbocycles. The number of rotatable bonds is 15. The average Bonchev–Trinajstić information content (AvgIpc) is 3.00. The summed E-state index contributed by atoms with van der Waals surface area (Å²) in [5, 5.41) is 13.3. The zero-order valence-electron chi connectivity index (χ0n) is 25.9. The van der Waals surface area contributed by atoms with Crippen molar-refractivity contribution in [2.45, 2.75) is 71.1 Å². The second kappa shape index (κ2) is 17.0. The van der Waals surface area contributed by atoms with Crippen LogP contribution in [0.15, 0.2) is 115 Å². The summed E-state index contributed by atoms with van der Waals surface area (Å²) < 4.78 is 12.7. The molecule has 3 rings (SSSR count). The minimum Gasteiger partial charge on any atom is -0.407 e. The number of unbranched alkanes of at least 4 members (excludes halogenated alkanes) is 1. The van der Waals surface area contributed by atoms with Crippen molar-refractivity contribution < 1.29 is 14.3 Å². The second-order valence-electron chi connectivity index (χ2n) is 11.9. The van der Waals surface area contributed by atoms with Gasteiger partial charge in [-0.05, 0) is 47.2 Å². The van der Waals surface area contributed by atoms with E-state index in [4.69, 9.17) is 9.16 Å². The first-order chi connectivity index (χ1) is 20.3. The quantitative estimate of drug-likeness (QED) is 0.0878. The van der Waals surface area contributed by atoms with Crippen LogP contribution in [-0.2, 0) is 15.8 Å². The third-order valence-electron chi connectivity index (χ3n) is 7.67. The van der Waals surface area contributed by atoms with Gasteiger partial charge in [-0.2, -0.15) is 0 Å². The summed E-state index contributed by atoms with van der Waals surface area (Å²) in [6.45, 7) is 14.7. The molecule has 0 fully saturated rings. The van der Waals surface area contributed by atoms with Crippen molar-refractivity contribution in [2.24, 2.45) is 5.92 Å². The zero-order chi connectivity index (χ0) is 30.3. The van der Waals surface area contributed by atoms with Crippen LogP contribution in [0.1, 0.15) is 58.9 Å². The predicted molar refractivity (Wildman–Crippen MR) is 179 cm³/mol. The minimum atomic E-state index is -2.53. The Morgan fingerprint density at radius 1 is 0.929 bits per heavy atom. The zero-order valence-corrected chi connectivity index (χ0v) is 26.9. The second-order valence-corrected chi connectivity index (χ2v) is 16.2. The number of ether oxygens (including phenoxy) is 1. The molecule has 0 aromatic heterocycles. The minimum absolute atomic E-state index is 0.0463. The summed E-state index contributed by atoms with van der Waals surface area (Å²) in [7, 11) is -2.53. The molecule has 2 unspecified atom stereocenters. The van der Waals surface area contributed by atoms with Crippen molar-refractivity contribution >= 4 is 18.7 Å². The summed E-state index contributed by atoms with van der Waals surface area (Å²) in [5.74, 6) is 6.20. The van der Waals surface area contributed by atoms with Crippen LogP contribution in [0.3, 0.4) is 0 Å². The fraction of sp³-hybridized carbons (Fsp3) is 0.368. The lowest BCUT2D eigenvalue weighted by Crippen LogP contribution is -2.66. The van der Waals surface area contributed by atoms with Gasteiger partial charge in [0.15, 0.2) is 0 Å². The van der Waals surface area contributed by atoms with E-state index in [0.29, 0.717) is 26.2 Å². The molecular formula is C38H48O3Si. The van der Waals surface area contributed by atoms with Gasteiger partial charge < -0.3 is 14.3 Å². The molecule has 1 N–H and O–H groups in total. The monoisotopic (exact) mass is 580 g/mol. The Kier molecular flexibility index (Phi) is 13.5. The van der Waals surface area contributed by atoms with Crippen molar-refractivity contribution in [1.29, 1.82) is 0 Å². The van der Waals surface area contributed by atoms with Gasteiger partial charge in [-0.15, -0.1) is 12.5 Å². The molecule has 2 atom stereocenters. The number of hydrogen-bond acceptors (Lipinski definition) is 3. The molecule has 0 heterocycles. The SMILES string of the molecule is C=CC(CC/C(C)=C/COCc1ccccc1)C(O)C#CCCCO[Si](c1ccccc1)(c1ccccc1)C(C)(C)C. The molecule has 0 amide bonds. The van der Waals surface area contributed by atoms with Gasteiger partial charge in [-0.1, -0.05) is 135 Å². The molecule has 0 aliphatic heterocycles. The van der Waals surface area contributed by atoms with E-state index in [-0.39, 0.29) is 11.0 Å². The lowest BCUT2D eigenvalue weighted by Gasteiger charge is -2.43. The molecule has 0 saturated carbocycles. The van der Waals surface area contributed by atoms with Crippen LogP contribution >= 0.6 is 0 Å². The highest BCUT2D eigenvalue weighted by Gasteiger charge is 2.49. The predicted octanol–water partition coefficient (Wildman–Crippen LogP) is 7.45. The molecule has 0 saturated heterocycles. The number of benzene rings is 3. The highest BCUT2D eigenvalue weighted by Crippen LogP contribution is 2.36. The van der Waals surface area contributed by atoms with E-state index >= 15 is 0 Å². The van der Waals surface area contributed by atoms with E-state index in [1.165, 1.54) is 21.5 Å². The number of allylic oxidation sites excluding steroid dienone is 1. The topological polar surface area (TPSA) is 38.7 Å². The third-order valence-corrected chi connectivity index (χ3v) is 12.7. The van der Waals surface area contributed by atoms with E-state index in [2.05, 4.69) is 125 Å². The molecule has 0 bridgehead atoms. The van der Waals surface area contributed by atoms with Crippen LogP contribution in [0.25, 0.3) is 0 Å². The smallest absolute Gasteiger partial charge is 0.261 e. The van der Waals surface area contributed by atoms with Gasteiger partial charge in [-0.25, -0.2) is 0 Å². The largest absolute Gasteiger partial charge is 0.407 e. The van der Waals surface area contributed by atoms with E-state index in [9.17, 15) is 5.11 Å². The van der Waals surface area contributed by atoms with Crippen LogP contribution < -0.4 is 10.4 Å². The molecule has 0 aliphatic rings. The Morgan fingerprint density at radius 2 is 1.50 bits per heavy atom. The van der Waals surface area contributed by atoms with Gasteiger partial charge in [0, 0.05) is 18.9 Å². The van der Waals surface area contributed by atoms with Crippen molar-refractivity contribution in [3.05, 3.63) is 121 Å². The van der Waals surface area contributed by atoms with Crippen molar-refractivity contribution in [3.63, 3.8) is 0 Å². The lowest BCUT2D eigenvalue weighted by atomic mass is 9.94. The van der Waals surface area contributed by atoms with Crippen LogP contribution in [0.2, 0.25) is 5.04 Å². The first kappa shape index (κ1) is 33.3. The van der Waals surface area contributed by atoms with Crippen LogP contribution in [-0.4, -0.2) is 32.7 Å². The van der Waals surface area contributed by atoms with Gasteiger partial charge in [0.1, 0.15) is 6.10 Å². The first-order valence-electron chi connectivity index (χ1n) is 15.1. The van der Waals surface area contributed by atoms with Crippen LogP contribution in [0, 0.1) is 17.8 Å². The Hall–Kier alpha value is -3.20. The molecule has 3 nitrogen and oxygen atoms in total. The normalized spacial score (nSPS) is 13.6. The Bertz CT molecular complexity index is 1240. The van der Waals surface area contributed by atoms with Gasteiger partial charge in [-0.3, -0.25) is 0 Å². The lowest BCUT2D eigenvalue weighted by molar-refractivity contribution is 0.148. The number of aliphatic hydroxyl groups is 1. The maximum absolute atomic E-state index is 10.7. The number of aliphatic hydroxyl groups excluding tert-OH is 1. The molecule has 4 heteroatoms. The van der Waals surface area contributed by atoms with Gasteiger partial charge >= 0.3 is 0 Å². The van der Waals surface area contributed by atoms with Crippen LogP contribution in [0.4, 0.5) is 0 Å². The standard InChI is InChI=1S/C38H48O3Si/c1-6-34(27-26-32(2)28-30-40-31-33-19-11-7-12-20-33)37(39)25-17-10-18-29-41-42(38(3,4)5,35-21-13-8-14-22-35)36-23-15-9-16-24-36/h6-9,11-16,19-24,28,34,37,39H,1,10,18,26-27,29-31H2,2-5H3/b32-28+.